The first-order valence-corrected chi connectivity index (χ1v) is 9.61. The summed E-state index contributed by atoms with van der Waals surface area (Å²) in [7, 11) is 3.44. The zero-order chi connectivity index (χ0) is 20.4. The van der Waals surface area contributed by atoms with E-state index in [0.29, 0.717) is 10.9 Å². The smallest absolute Gasteiger partial charge is 0.237 e. The summed E-state index contributed by atoms with van der Waals surface area (Å²) in [5, 5.41) is 19.3. The minimum Gasteiger partial charge on any atom is -0.494 e. The number of thioether (sulfide) groups is 1. The molecule has 2 heterocycles. The van der Waals surface area contributed by atoms with Crippen LogP contribution in [0.2, 0.25) is 0 Å². The topological polar surface area (TPSA) is 99.8 Å². The number of ether oxygens (including phenoxy) is 1. The van der Waals surface area contributed by atoms with E-state index in [-0.39, 0.29) is 5.91 Å². The molecule has 0 aliphatic rings. The van der Waals surface area contributed by atoms with Crippen LogP contribution in [0.1, 0.15) is 23.9 Å². The van der Waals surface area contributed by atoms with Crippen molar-refractivity contribution in [3.05, 3.63) is 35.2 Å². The molecule has 10 heteroatoms. The first-order valence-electron chi connectivity index (χ1n) is 8.73. The number of hydrogen-bond acceptors (Lipinski definition) is 7. The molecule has 1 N–H and O–H groups in total. The highest BCUT2D eigenvalue weighted by molar-refractivity contribution is 8.00. The first-order chi connectivity index (χ1) is 13.3. The van der Waals surface area contributed by atoms with Crippen LogP contribution in [0.15, 0.2) is 23.4 Å². The lowest BCUT2D eigenvalue weighted by atomic mass is 10.2. The van der Waals surface area contributed by atoms with Gasteiger partial charge in [0.05, 0.1) is 29.4 Å². The summed E-state index contributed by atoms with van der Waals surface area (Å²) >= 11 is 1.27. The van der Waals surface area contributed by atoms with Gasteiger partial charge < -0.3 is 10.1 Å². The summed E-state index contributed by atoms with van der Waals surface area (Å²) in [5.74, 6) is 0.508. The molecule has 9 nitrogen and oxygen atoms in total. The van der Waals surface area contributed by atoms with Crippen LogP contribution in [0, 0.1) is 20.8 Å². The standard InChI is InChI=1S/C18H23N7O2S/c1-10-7-8-15(27-6)14(9-10)25-18(20-22-23-25)28-13(4)17(26)19-16-11(2)21-24(5)12(16)3/h7-9,13H,1-6H3,(H,19,26)/t13-/m1/s1. The van der Waals surface area contributed by atoms with Gasteiger partial charge in [0, 0.05) is 7.05 Å². The highest BCUT2D eigenvalue weighted by Crippen LogP contribution is 2.29. The van der Waals surface area contributed by atoms with Gasteiger partial charge in [-0.15, -0.1) is 5.10 Å². The predicted molar refractivity (Wildman–Crippen MR) is 107 cm³/mol. The van der Waals surface area contributed by atoms with Crippen LogP contribution in [0.25, 0.3) is 5.69 Å². The maximum Gasteiger partial charge on any atom is 0.237 e. The normalized spacial score (nSPS) is 12.1. The van der Waals surface area contributed by atoms with E-state index in [9.17, 15) is 4.79 Å². The van der Waals surface area contributed by atoms with Crippen LogP contribution < -0.4 is 10.1 Å². The number of carbonyl (C=O) groups excluding carboxylic acids is 1. The number of carbonyl (C=O) groups is 1. The van der Waals surface area contributed by atoms with Crippen molar-refractivity contribution in [1.29, 1.82) is 0 Å². The van der Waals surface area contributed by atoms with Gasteiger partial charge in [0.15, 0.2) is 0 Å². The Morgan fingerprint density at radius 1 is 1.29 bits per heavy atom. The SMILES string of the molecule is COc1ccc(C)cc1-n1nnnc1S[C@H](C)C(=O)Nc1c(C)nn(C)c1C. The molecule has 1 amide bonds. The van der Waals surface area contributed by atoms with Gasteiger partial charge in [-0.05, 0) is 55.8 Å². The number of methoxy groups -OCH3 is 1. The van der Waals surface area contributed by atoms with Crippen LogP contribution in [-0.2, 0) is 11.8 Å². The number of benzene rings is 1. The molecule has 0 spiro atoms. The zero-order valence-electron chi connectivity index (χ0n) is 16.7. The molecule has 0 bridgehead atoms. The molecule has 3 aromatic rings. The molecule has 2 aromatic heterocycles. The number of aryl methyl sites for hydroxylation is 3. The number of amides is 1. The molecule has 0 saturated carbocycles. The largest absolute Gasteiger partial charge is 0.494 e. The van der Waals surface area contributed by atoms with E-state index in [1.807, 2.05) is 52.9 Å². The molecular weight excluding hydrogens is 378 g/mol. The van der Waals surface area contributed by atoms with Gasteiger partial charge in [-0.2, -0.15) is 9.78 Å². The Kier molecular flexibility index (Phi) is 5.68. The predicted octanol–water partition coefficient (Wildman–Crippen LogP) is 2.45. The number of nitrogens with zero attached hydrogens (tertiary/aromatic N) is 6. The zero-order valence-corrected chi connectivity index (χ0v) is 17.5. The minimum absolute atomic E-state index is 0.144. The van der Waals surface area contributed by atoms with E-state index < -0.39 is 5.25 Å². The fraction of sp³-hybridized carbons (Fsp3) is 0.389. The van der Waals surface area contributed by atoms with Gasteiger partial charge >= 0.3 is 0 Å². The molecule has 28 heavy (non-hydrogen) atoms. The monoisotopic (exact) mass is 401 g/mol. The van der Waals surface area contributed by atoms with E-state index in [0.717, 1.165) is 28.3 Å². The third kappa shape index (κ3) is 3.86. The van der Waals surface area contributed by atoms with Crippen molar-refractivity contribution >= 4 is 23.4 Å². The summed E-state index contributed by atoms with van der Waals surface area (Å²) in [6, 6.07) is 5.76. The lowest BCUT2D eigenvalue weighted by Crippen LogP contribution is -2.23. The average Bonchev–Trinajstić information content (AvgIpc) is 3.21. The maximum absolute atomic E-state index is 12.7. The Balaban J connectivity index is 1.81. The highest BCUT2D eigenvalue weighted by atomic mass is 32.2. The van der Waals surface area contributed by atoms with Gasteiger partial charge in [-0.1, -0.05) is 17.8 Å². The van der Waals surface area contributed by atoms with Gasteiger partial charge in [0.1, 0.15) is 11.4 Å². The Morgan fingerprint density at radius 3 is 2.68 bits per heavy atom. The van der Waals surface area contributed by atoms with Gasteiger partial charge in [-0.25, -0.2) is 0 Å². The van der Waals surface area contributed by atoms with E-state index in [1.165, 1.54) is 11.8 Å². The molecule has 1 atom stereocenters. The Bertz CT molecular complexity index is 1010. The molecule has 0 aliphatic carbocycles. The molecule has 3 rings (SSSR count). The Morgan fingerprint density at radius 2 is 2.04 bits per heavy atom. The second kappa shape index (κ2) is 8.01. The minimum atomic E-state index is -0.417. The number of rotatable bonds is 6. The van der Waals surface area contributed by atoms with Crippen molar-refractivity contribution in [2.75, 3.05) is 12.4 Å². The fourth-order valence-corrected chi connectivity index (χ4v) is 3.56. The maximum atomic E-state index is 12.7. The second-order valence-electron chi connectivity index (χ2n) is 6.47. The molecule has 0 unspecified atom stereocenters. The molecule has 0 radical (unpaired) electrons. The van der Waals surface area contributed by atoms with Gasteiger partial charge in [-0.3, -0.25) is 9.48 Å². The number of anilines is 1. The van der Waals surface area contributed by atoms with E-state index in [1.54, 1.807) is 16.5 Å². The fourth-order valence-electron chi connectivity index (χ4n) is 2.76. The van der Waals surface area contributed by atoms with Gasteiger partial charge in [0.2, 0.25) is 11.1 Å². The molecule has 0 fully saturated rings. The molecule has 1 aromatic carbocycles. The van der Waals surface area contributed by atoms with Crippen LogP contribution in [0.5, 0.6) is 5.75 Å². The third-order valence-electron chi connectivity index (χ3n) is 4.41. The second-order valence-corrected chi connectivity index (χ2v) is 7.78. The van der Waals surface area contributed by atoms with Crippen molar-refractivity contribution in [1.82, 2.24) is 30.0 Å². The van der Waals surface area contributed by atoms with Crippen molar-refractivity contribution in [2.24, 2.45) is 7.05 Å². The lowest BCUT2D eigenvalue weighted by Gasteiger charge is -2.13. The molecule has 0 aliphatic heterocycles. The van der Waals surface area contributed by atoms with Crippen molar-refractivity contribution < 1.29 is 9.53 Å². The van der Waals surface area contributed by atoms with Crippen LogP contribution in [0.4, 0.5) is 5.69 Å². The summed E-state index contributed by atoms with van der Waals surface area (Å²) in [6.07, 6.45) is 0. The first kappa shape index (κ1) is 19.9. The Labute approximate surface area is 167 Å². The highest BCUT2D eigenvalue weighted by Gasteiger charge is 2.22. The number of tetrazole rings is 1. The van der Waals surface area contributed by atoms with Crippen LogP contribution in [0.3, 0.4) is 0 Å². The summed E-state index contributed by atoms with van der Waals surface area (Å²) in [5.41, 5.74) is 4.19. The quantitative estimate of drug-likeness (QED) is 0.633. The molecule has 148 valence electrons. The van der Waals surface area contributed by atoms with Crippen molar-refractivity contribution in [3.8, 4) is 11.4 Å². The Hall–Kier alpha value is -2.88. The molecule has 0 saturated heterocycles. The molecular formula is C18H23N7O2S. The lowest BCUT2D eigenvalue weighted by molar-refractivity contribution is -0.115. The van der Waals surface area contributed by atoms with Crippen LogP contribution in [-0.4, -0.2) is 48.3 Å². The van der Waals surface area contributed by atoms with Gasteiger partial charge in [0.25, 0.3) is 0 Å². The average molecular weight is 401 g/mol. The van der Waals surface area contributed by atoms with Crippen molar-refractivity contribution in [3.63, 3.8) is 0 Å². The van der Waals surface area contributed by atoms with E-state index >= 15 is 0 Å². The summed E-state index contributed by atoms with van der Waals surface area (Å²) in [6.45, 7) is 7.57. The van der Waals surface area contributed by atoms with Crippen molar-refractivity contribution in [2.45, 2.75) is 38.1 Å². The summed E-state index contributed by atoms with van der Waals surface area (Å²) < 4.78 is 8.75. The third-order valence-corrected chi connectivity index (χ3v) is 5.45. The number of nitrogens with one attached hydrogen (secondary N) is 1. The van der Waals surface area contributed by atoms with E-state index in [4.69, 9.17) is 4.74 Å². The van der Waals surface area contributed by atoms with Crippen LogP contribution >= 0.6 is 11.8 Å². The number of aromatic nitrogens is 6. The summed E-state index contributed by atoms with van der Waals surface area (Å²) in [4.78, 5) is 12.7. The van der Waals surface area contributed by atoms with E-state index in [2.05, 4.69) is 25.9 Å². The number of hydrogen-bond donors (Lipinski definition) is 1.